The predicted octanol–water partition coefficient (Wildman–Crippen LogP) is 4.79. The molecule has 4 rings (SSSR count). The van der Waals surface area contributed by atoms with Gasteiger partial charge in [-0.25, -0.2) is 0 Å². The number of rotatable bonds is 4. The molecule has 1 fully saturated rings. The van der Waals surface area contributed by atoms with E-state index >= 15 is 0 Å². The van der Waals surface area contributed by atoms with E-state index in [1.165, 1.54) is 17.4 Å². The van der Waals surface area contributed by atoms with Crippen LogP contribution in [-0.4, -0.2) is 34.1 Å². The number of hydrogen-bond donors (Lipinski definition) is 3. The molecule has 3 atom stereocenters. The Hall–Kier alpha value is -2.13. The van der Waals surface area contributed by atoms with Crippen LogP contribution in [0.3, 0.4) is 0 Å². The van der Waals surface area contributed by atoms with Gasteiger partial charge in [0.05, 0.1) is 30.5 Å². The van der Waals surface area contributed by atoms with E-state index in [1.807, 2.05) is 30.3 Å². The first kappa shape index (κ1) is 21.1. The average molecular weight is 438 g/mol. The van der Waals surface area contributed by atoms with Crippen LogP contribution in [0.25, 0.3) is 10.1 Å². The molecular weight excluding hydrogens is 417 g/mol. The van der Waals surface area contributed by atoms with Crippen LogP contribution >= 0.6 is 11.3 Å². The summed E-state index contributed by atoms with van der Waals surface area (Å²) in [5.74, 6) is -0.529. The van der Waals surface area contributed by atoms with Gasteiger partial charge in [-0.1, -0.05) is 18.2 Å². The van der Waals surface area contributed by atoms with Crippen molar-refractivity contribution < 1.29 is 33.2 Å². The lowest BCUT2D eigenvalue weighted by Crippen LogP contribution is -2.33. The van der Waals surface area contributed by atoms with E-state index in [9.17, 15) is 28.5 Å². The molecule has 3 N–H and O–H groups in total. The second-order valence-electron chi connectivity index (χ2n) is 7.55. The van der Waals surface area contributed by atoms with Crippen molar-refractivity contribution in [2.45, 2.75) is 43.8 Å². The summed E-state index contributed by atoms with van der Waals surface area (Å²) in [6.45, 7) is -0.316. The van der Waals surface area contributed by atoms with Crippen LogP contribution in [0.15, 0.2) is 42.5 Å². The number of phenolic OH excluding ortho intramolecular Hbond substituents is 1. The third-order valence-corrected chi connectivity index (χ3v) is 6.44. The minimum absolute atomic E-state index is 0.0334. The maximum absolute atomic E-state index is 13.7. The van der Waals surface area contributed by atoms with Gasteiger partial charge in [0.15, 0.2) is 0 Å². The fourth-order valence-electron chi connectivity index (χ4n) is 3.94. The summed E-state index contributed by atoms with van der Waals surface area (Å²) in [4.78, 5) is 0.774. The van der Waals surface area contributed by atoms with Crippen LogP contribution < -0.4 is 0 Å². The smallest absolute Gasteiger partial charge is 0.416 e. The lowest BCUT2D eigenvalue weighted by molar-refractivity contribution is -0.138. The summed E-state index contributed by atoms with van der Waals surface area (Å²) in [6.07, 6.45) is -6.39. The third kappa shape index (κ3) is 4.32. The number of phenols is 1. The van der Waals surface area contributed by atoms with Crippen molar-refractivity contribution in [2.24, 2.45) is 0 Å². The highest BCUT2D eigenvalue weighted by Crippen LogP contribution is 2.42. The van der Waals surface area contributed by atoms with Crippen LogP contribution in [0, 0.1) is 0 Å². The first-order valence-electron chi connectivity index (χ1n) is 9.59. The van der Waals surface area contributed by atoms with Gasteiger partial charge in [0, 0.05) is 34.4 Å². The van der Waals surface area contributed by atoms with Crippen LogP contribution in [0.1, 0.15) is 40.5 Å². The van der Waals surface area contributed by atoms with Crippen molar-refractivity contribution in [3.05, 3.63) is 64.0 Å². The van der Waals surface area contributed by atoms with Crippen LogP contribution in [-0.2, 0) is 17.3 Å². The number of aliphatic hydroxyl groups excluding tert-OH is 2. The van der Waals surface area contributed by atoms with Crippen molar-refractivity contribution in [3.63, 3.8) is 0 Å². The molecule has 2 aromatic carbocycles. The van der Waals surface area contributed by atoms with Gasteiger partial charge in [0.2, 0.25) is 0 Å². The number of halogens is 3. The molecule has 1 aliphatic rings. The SMILES string of the molecule is OCC1CC(O)CC(c2cc(Cc3cc4ccccc4s3)c(C(F)(F)F)cc2O)O1. The minimum Gasteiger partial charge on any atom is -0.508 e. The molecule has 0 radical (unpaired) electrons. The predicted molar refractivity (Wildman–Crippen MR) is 108 cm³/mol. The molecule has 0 saturated carbocycles. The van der Waals surface area contributed by atoms with E-state index in [2.05, 4.69) is 0 Å². The zero-order chi connectivity index (χ0) is 21.5. The average Bonchev–Trinajstić information content (AvgIpc) is 3.10. The summed E-state index contributed by atoms with van der Waals surface area (Å²) < 4.78 is 47.7. The Labute approximate surface area is 175 Å². The van der Waals surface area contributed by atoms with Gasteiger partial charge in [-0.3, -0.25) is 0 Å². The highest BCUT2D eigenvalue weighted by atomic mass is 32.1. The van der Waals surface area contributed by atoms with Crippen LogP contribution in [0.5, 0.6) is 5.75 Å². The van der Waals surface area contributed by atoms with E-state index in [1.54, 1.807) is 0 Å². The Bertz CT molecular complexity index is 1010. The van der Waals surface area contributed by atoms with E-state index in [0.717, 1.165) is 21.0 Å². The number of fused-ring (bicyclic) bond motifs is 1. The summed E-state index contributed by atoms with van der Waals surface area (Å²) >= 11 is 1.43. The van der Waals surface area contributed by atoms with Gasteiger partial charge in [0.1, 0.15) is 5.75 Å². The first-order chi connectivity index (χ1) is 14.2. The lowest BCUT2D eigenvalue weighted by Gasteiger charge is -2.33. The molecule has 30 heavy (non-hydrogen) atoms. The van der Waals surface area contributed by atoms with E-state index in [-0.39, 0.29) is 37.0 Å². The van der Waals surface area contributed by atoms with Crippen LogP contribution in [0.2, 0.25) is 0 Å². The van der Waals surface area contributed by atoms with Crippen molar-refractivity contribution in [2.75, 3.05) is 6.61 Å². The number of aromatic hydroxyl groups is 1. The number of alkyl halides is 3. The largest absolute Gasteiger partial charge is 0.508 e. The Morgan fingerprint density at radius 2 is 1.87 bits per heavy atom. The third-order valence-electron chi connectivity index (χ3n) is 5.33. The number of hydrogen-bond acceptors (Lipinski definition) is 5. The van der Waals surface area contributed by atoms with Gasteiger partial charge >= 0.3 is 6.18 Å². The number of benzene rings is 2. The minimum atomic E-state index is -4.62. The van der Waals surface area contributed by atoms with Crippen molar-refractivity contribution in [3.8, 4) is 5.75 Å². The van der Waals surface area contributed by atoms with E-state index in [4.69, 9.17) is 4.74 Å². The van der Waals surface area contributed by atoms with Gasteiger partial charge in [-0.15, -0.1) is 11.3 Å². The molecule has 1 aromatic heterocycles. The van der Waals surface area contributed by atoms with E-state index in [0.29, 0.717) is 0 Å². The maximum Gasteiger partial charge on any atom is 0.416 e. The molecule has 2 heterocycles. The molecular formula is C22H21F3O4S. The molecule has 4 nitrogen and oxygen atoms in total. The van der Waals surface area contributed by atoms with Crippen molar-refractivity contribution in [1.29, 1.82) is 0 Å². The lowest BCUT2D eigenvalue weighted by atomic mass is 9.91. The van der Waals surface area contributed by atoms with Crippen molar-refractivity contribution in [1.82, 2.24) is 0 Å². The molecule has 0 amide bonds. The first-order valence-corrected chi connectivity index (χ1v) is 10.4. The second-order valence-corrected chi connectivity index (χ2v) is 8.72. The number of ether oxygens (including phenoxy) is 1. The molecule has 1 saturated heterocycles. The topological polar surface area (TPSA) is 69.9 Å². The summed E-state index contributed by atoms with van der Waals surface area (Å²) in [5, 5.41) is 30.7. The molecule has 160 valence electrons. The summed E-state index contributed by atoms with van der Waals surface area (Å²) in [7, 11) is 0. The van der Waals surface area contributed by atoms with Gasteiger partial charge in [0.25, 0.3) is 0 Å². The van der Waals surface area contributed by atoms with Crippen molar-refractivity contribution >= 4 is 21.4 Å². The zero-order valence-corrected chi connectivity index (χ0v) is 16.7. The Morgan fingerprint density at radius 3 is 2.57 bits per heavy atom. The fourth-order valence-corrected chi connectivity index (χ4v) is 5.03. The normalized spacial score (nSPS) is 22.5. The quantitative estimate of drug-likeness (QED) is 0.548. The van der Waals surface area contributed by atoms with Gasteiger partial charge in [-0.2, -0.15) is 13.2 Å². The molecule has 0 bridgehead atoms. The Balaban J connectivity index is 1.74. The molecule has 3 unspecified atom stereocenters. The standard InChI is InChI=1S/C22H21F3O4S/c23-22(24,25)18-10-19(28)17(20-9-14(27)8-15(11-26)29-20)7-13(18)6-16-5-12-3-1-2-4-21(12)30-16/h1-5,7,10,14-15,20,26-28H,6,8-9,11H2. The van der Waals surface area contributed by atoms with E-state index < -0.39 is 35.8 Å². The second kappa shape index (κ2) is 8.19. The monoisotopic (exact) mass is 438 g/mol. The maximum atomic E-state index is 13.7. The molecule has 3 aromatic rings. The van der Waals surface area contributed by atoms with Gasteiger partial charge < -0.3 is 20.1 Å². The van der Waals surface area contributed by atoms with Gasteiger partial charge in [-0.05, 0) is 35.2 Å². The van der Waals surface area contributed by atoms with Crippen LogP contribution in [0.4, 0.5) is 13.2 Å². The number of thiophene rings is 1. The molecule has 0 aliphatic carbocycles. The number of aliphatic hydroxyl groups is 2. The Kier molecular flexibility index (Phi) is 5.76. The Morgan fingerprint density at radius 1 is 1.10 bits per heavy atom. The zero-order valence-electron chi connectivity index (χ0n) is 15.9. The molecule has 0 spiro atoms. The summed E-state index contributed by atoms with van der Waals surface area (Å²) in [5.41, 5.74) is -0.668. The molecule has 1 aliphatic heterocycles. The highest BCUT2D eigenvalue weighted by Gasteiger charge is 2.37. The highest BCUT2D eigenvalue weighted by molar-refractivity contribution is 7.19. The summed E-state index contributed by atoms with van der Waals surface area (Å²) in [6, 6.07) is 11.5. The molecule has 8 heteroatoms. The fraction of sp³-hybridized carbons (Fsp3) is 0.364.